The molecular weight excluding hydrogens is 250 g/mol. The molecule has 1 aromatic carbocycles. The minimum absolute atomic E-state index is 0.0770. The fraction of sp³-hybridized carbons (Fsp3) is 0.125. The molecule has 1 amide bonds. The molecule has 2 aromatic heterocycles. The van der Waals surface area contributed by atoms with Crippen molar-refractivity contribution in [3.63, 3.8) is 0 Å². The summed E-state index contributed by atoms with van der Waals surface area (Å²) in [5.41, 5.74) is 3.50. The van der Waals surface area contributed by atoms with Crippen LogP contribution in [-0.2, 0) is 0 Å². The number of hydrogen-bond donors (Lipinski definition) is 1. The Morgan fingerprint density at radius 3 is 2.85 bits per heavy atom. The lowest BCUT2D eigenvalue weighted by molar-refractivity contribution is 0.0989. The third-order valence-electron chi connectivity index (χ3n) is 3.35. The van der Waals surface area contributed by atoms with E-state index in [1.807, 2.05) is 43.3 Å². The predicted octanol–water partition coefficient (Wildman–Crippen LogP) is 3.15. The number of aryl methyl sites for hydroxylation is 1. The summed E-state index contributed by atoms with van der Waals surface area (Å²) in [6.07, 6.45) is 3.36. The van der Waals surface area contributed by atoms with Gasteiger partial charge in [0.1, 0.15) is 5.69 Å². The standard InChI is InChI=1S/C16H15N3O/c1-11-5-6-12-9-15(18-14(12)8-11)16(20)19(2)13-4-3-7-17-10-13/h3-10,18H,1-2H3. The molecule has 0 bridgehead atoms. The number of amides is 1. The summed E-state index contributed by atoms with van der Waals surface area (Å²) in [4.78, 5) is 21.3. The number of carbonyl (C=O) groups excluding carboxylic acids is 1. The maximum Gasteiger partial charge on any atom is 0.274 e. The molecule has 0 atom stereocenters. The van der Waals surface area contributed by atoms with Crippen LogP contribution in [0.3, 0.4) is 0 Å². The quantitative estimate of drug-likeness (QED) is 0.773. The molecule has 0 aliphatic rings. The van der Waals surface area contributed by atoms with Crippen LogP contribution in [0.2, 0.25) is 0 Å². The number of H-pyrrole nitrogens is 1. The number of nitrogens with zero attached hydrogens (tertiary/aromatic N) is 2. The van der Waals surface area contributed by atoms with E-state index in [1.165, 1.54) is 5.56 Å². The molecule has 20 heavy (non-hydrogen) atoms. The molecule has 0 aliphatic carbocycles. The maximum absolute atomic E-state index is 12.5. The van der Waals surface area contributed by atoms with Crippen molar-refractivity contribution in [2.75, 3.05) is 11.9 Å². The van der Waals surface area contributed by atoms with Crippen LogP contribution >= 0.6 is 0 Å². The molecule has 0 saturated heterocycles. The number of anilines is 1. The van der Waals surface area contributed by atoms with Crippen LogP contribution in [0, 0.1) is 6.92 Å². The zero-order chi connectivity index (χ0) is 14.1. The van der Waals surface area contributed by atoms with Crippen LogP contribution in [0.15, 0.2) is 48.8 Å². The maximum atomic E-state index is 12.5. The highest BCUT2D eigenvalue weighted by Gasteiger charge is 2.15. The van der Waals surface area contributed by atoms with Gasteiger partial charge in [0.15, 0.2) is 0 Å². The number of fused-ring (bicyclic) bond motifs is 1. The van der Waals surface area contributed by atoms with Gasteiger partial charge in [0.25, 0.3) is 5.91 Å². The van der Waals surface area contributed by atoms with Crippen molar-refractivity contribution < 1.29 is 4.79 Å². The fourth-order valence-electron chi connectivity index (χ4n) is 2.21. The number of nitrogens with one attached hydrogen (secondary N) is 1. The van der Waals surface area contributed by atoms with Gasteiger partial charge in [0.05, 0.1) is 11.9 Å². The summed E-state index contributed by atoms with van der Waals surface area (Å²) >= 11 is 0. The second kappa shape index (κ2) is 4.81. The first kappa shape index (κ1) is 12.4. The topological polar surface area (TPSA) is 49.0 Å². The number of aromatic nitrogens is 2. The van der Waals surface area contributed by atoms with Gasteiger partial charge in [0, 0.05) is 24.1 Å². The van der Waals surface area contributed by atoms with E-state index in [9.17, 15) is 4.79 Å². The Hall–Kier alpha value is -2.62. The Labute approximate surface area is 117 Å². The molecule has 0 saturated carbocycles. The van der Waals surface area contributed by atoms with Gasteiger partial charge in [0.2, 0.25) is 0 Å². The van der Waals surface area contributed by atoms with E-state index >= 15 is 0 Å². The highest BCUT2D eigenvalue weighted by atomic mass is 16.2. The summed E-state index contributed by atoms with van der Waals surface area (Å²) in [6, 6.07) is 11.6. The molecule has 0 aliphatic heterocycles. The first-order valence-corrected chi connectivity index (χ1v) is 6.42. The van der Waals surface area contributed by atoms with Gasteiger partial charge in [-0.25, -0.2) is 0 Å². The normalized spacial score (nSPS) is 10.7. The number of pyridine rings is 1. The number of aromatic amines is 1. The highest BCUT2D eigenvalue weighted by molar-refractivity contribution is 6.07. The van der Waals surface area contributed by atoms with Crippen molar-refractivity contribution in [2.24, 2.45) is 0 Å². The minimum atomic E-state index is -0.0770. The lowest BCUT2D eigenvalue weighted by Gasteiger charge is -2.15. The summed E-state index contributed by atoms with van der Waals surface area (Å²) < 4.78 is 0. The first-order valence-electron chi connectivity index (χ1n) is 6.42. The third kappa shape index (κ3) is 2.16. The predicted molar refractivity (Wildman–Crippen MR) is 80.0 cm³/mol. The molecule has 0 fully saturated rings. The zero-order valence-electron chi connectivity index (χ0n) is 11.4. The van der Waals surface area contributed by atoms with Crippen molar-refractivity contribution in [1.29, 1.82) is 0 Å². The van der Waals surface area contributed by atoms with Crippen molar-refractivity contribution in [3.05, 3.63) is 60.0 Å². The second-order valence-electron chi connectivity index (χ2n) is 4.85. The van der Waals surface area contributed by atoms with Crippen LogP contribution < -0.4 is 4.90 Å². The van der Waals surface area contributed by atoms with Gasteiger partial charge in [-0.1, -0.05) is 12.1 Å². The first-order chi connectivity index (χ1) is 9.65. The number of carbonyl (C=O) groups is 1. The van der Waals surface area contributed by atoms with E-state index in [4.69, 9.17) is 0 Å². The SMILES string of the molecule is Cc1ccc2cc(C(=O)N(C)c3cccnc3)[nH]c2c1. The molecule has 1 N–H and O–H groups in total. The monoisotopic (exact) mass is 265 g/mol. The highest BCUT2D eigenvalue weighted by Crippen LogP contribution is 2.19. The summed E-state index contributed by atoms with van der Waals surface area (Å²) in [6.45, 7) is 2.03. The van der Waals surface area contributed by atoms with Crippen molar-refractivity contribution in [3.8, 4) is 0 Å². The molecule has 0 unspecified atom stereocenters. The summed E-state index contributed by atoms with van der Waals surface area (Å²) in [5.74, 6) is -0.0770. The number of rotatable bonds is 2. The molecule has 3 rings (SSSR count). The van der Waals surface area contributed by atoms with Crippen molar-refractivity contribution in [1.82, 2.24) is 9.97 Å². The molecule has 4 heteroatoms. The van der Waals surface area contributed by atoms with Crippen molar-refractivity contribution in [2.45, 2.75) is 6.92 Å². The van der Waals surface area contributed by atoms with Gasteiger partial charge in [-0.05, 0) is 36.8 Å². The smallest absolute Gasteiger partial charge is 0.274 e. The van der Waals surface area contributed by atoms with E-state index in [0.29, 0.717) is 5.69 Å². The van der Waals surface area contributed by atoms with E-state index in [-0.39, 0.29) is 5.91 Å². The molecule has 100 valence electrons. The number of benzene rings is 1. The molecule has 4 nitrogen and oxygen atoms in total. The van der Waals surface area contributed by atoms with Crippen LogP contribution in [0.5, 0.6) is 0 Å². The van der Waals surface area contributed by atoms with Gasteiger partial charge in [-0.3, -0.25) is 9.78 Å². The Morgan fingerprint density at radius 2 is 2.10 bits per heavy atom. The van der Waals surface area contributed by atoms with Crippen LogP contribution in [0.4, 0.5) is 5.69 Å². The zero-order valence-corrected chi connectivity index (χ0v) is 11.4. The van der Waals surface area contributed by atoms with E-state index in [0.717, 1.165) is 16.6 Å². The summed E-state index contributed by atoms with van der Waals surface area (Å²) in [5, 5.41) is 1.04. The minimum Gasteiger partial charge on any atom is -0.351 e. The largest absolute Gasteiger partial charge is 0.351 e. The Balaban J connectivity index is 1.96. The fourth-order valence-corrected chi connectivity index (χ4v) is 2.21. The van der Waals surface area contributed by atoms with Crippen LogP contribution in [0.1, 0.15) is 16.1 Å². The van der Waals surface area contributed by atoms with E-state index in [2.05, 4.69) is 9.97 Å². The molecule has 2 heterocycles. The lowest BCUT2D eigenvalue weighted by Crippen LogP contribution is -2.26. The second-order valence-corrected chi connectivity index (χ2v) is 4.85. The third-order valence-corrected chi connectivity index (χ3v) is 3.35. The van der Waals surface area contributed by atoms with Gasteiger partial charge >= 0.3 is 0 Å². The van der Waals surface area contributed by atoms with Crippen LogP contribution in [-0.4, -0.2) is 22.9 Å². The Bertz CT molecular complexity index is 762. The average Bonchev–Trinajstić information content (AvgIpc) is 2.89. The van der Waals surface area contributed by atoms with Gasteiger partial charge in [-0.2, -0.15) is 0 Å². The molecule has 0 spiro atoms. The number of hydrogen-bond acceptors (Lipinski definition) is 2. The van der Waals surface area contributed by atoms with Gasteiger partial charge in [-0.15, -0.1) is 0 Å². The molecule has 3 aromatic rings. The summed E-state index contributed by atoms with van der Waals surface area (Å²) in [7, 11) is 1.75. The Kier molecular flexibility index (Phi) is 2.99. The molecule has 0 radical (unpaired) electrons. The lowest BCUT2D eigenvalue weighted by atomic mass is 10.2. The van der Waals surface area contributed by atoms with E-state index < -0.39 is 0 Å². The molecular formula is C16H15N3O. The van der Waals surface area contributed by atoms with E-state index in [1.54, 1.807) is 24.3 Å². The van der Waals surface area contributed by atoms with Crippen molar-refractivity contribution >= 4 is 22.5 Å². The van der Waals surface area contributed by atoms with Crippen LogP contribution in [0.25, 0.3) is 10.9 Å². The Morgan fingerprint density at radius 1 is 1.25 bits per heavy atom. The van der Waals surface area contributed by atoms with Gasteiger partial charge < -0.3 is 9.88 Å². The average molecular weight is 265 g/mol.